The Hall–Kier alpha value is -2.83. The molecule has 0 unspecified atom stereocenters. The molecule has 3 aromatic rings. The zero-order valence-electron chi connectivity index (χ0n) is 18.2. The Morgan fingerprint density at radius 1 is 1.09 bits per heavy atom. The lowest BCUT2D eigenvalue weighted by molar-refractivity contribution is -0.128. The highest BCUT2D eigenvalue weighted by atomic mass is 35.5. The van der Waals surface area contributed by atoms with Crippen LogP contribution in [0.4, 0.5) is 5.69 Å². The number of aromatic amines is 1. The fourth-order valence-electron chi connectivity index (χ4n) is 5.00. The van der Waals surface area contributed by atoms with E-state index in [1.165, 1.54) is 5.56 Å². The summed E-state index contributed by atoms with van der Waals surface area (Å²) in [6.45, 7) is 3.53. The molecule has 5 rings (SSSR count). The van der Waals surface area contributed by atoms with Crippen molar-refractivity contribution in [2.75, 3.05) is 31.6 Å². The molecule has 166 valence electrons. The summed E-state index contributed by atoms with van der Waals surface area (Å²) in [5.74, 6) is 0.997. The van der Waals surface area contributed by atoms with Crippen LogP contribution in [0.5, 0.6) is 5.75 Å². The molecule has 2 aliphatic heterocycles. The SMILES string of the molecule is COc1cc(N2CCC3(CCN(Cc4ccc(Cl)cc4)CC3)C2=O)ccc1-c1cn[nH]c1. The third-order valence-corrected chi connectivity index (χ3v) is 7.20. The lowest BCUT2D eigenvalue weighted by atomic mass is 9.77. The first kappa shape index (κ1) is 21.0. The third-order valence-electron chi connectivity index (χ3n) is 6.95. The van der Waals surface area contributed by atoms with E-state index in [9.17, 15) is 4.79 Å². The zero-order chi connectivity index (χ0) is 22.1. The molecular formula is C25H27ClN4O2. The highest BCUT2D eigenvalue weighted by molar-refractivity contribution is 6.30. The van der Waals surface area contributed by atoms with Gasteiger partial charge in [-0.15, -0.1) is 0 Å². The Labute approximate surface area is 193 Å². The zero-order valence-corrected chi connectivity index (χ0v) is 18.9. The number of halogens is 1. The molecule has 0 bridgehead atoms. The van der Waals surface area contributed by atoms with Gasteiger partial charge < -0.3 is 9.64 Å². The Morgan fingerprint density at radius 3 is 2.53 bits per heavy atom. The van der Waals surface area contributed by atoms with Gasteiger partial charge in [0.1, 0.15) is 5.75 Å². The maximum absolute atomic E-state index is 13.5. The second-order valence-electron chi connectivity index (χ2n) is 8.76. The molecule has 1 N–H and O–H groups in total. The van der Waals surface area contributed by atoms with Gasteiger partial charge in [0.25, 0.3) is 0 Å². The van der Waals surface area contributed by atoms with Crippen molar-refractivity contribution in [2.45, 2.75) is 25.8 Å². The number of hydrogen-bond donors (Lipinski definition) is 1. The van der Waals surface area contributed by atoms with Gasteiger partial charge in [-0.25, -0.2) is 0 Å². The number of ether oxygens (including phenoxy) is 1. The summed E-state index contributed by atoms with van der Waals surface area (Å²) in [5, 5.41) is 7.62. The lowest BCUT2D eigenvalue weighted by Gasteiger charge is -2.38. The van der Waals surface area contributed by atoms with E-state index in [1.54, 1.807) is 13.3 Å². The highest BCUT2D eigenvalue weighted by Crippen LogP contribution is 2.44. The minimum absolute atomic E-state index is 0.243. The molecule has 0 atom stereocenters. The first-order chi connectivity index (χ1) is 15.6. The quantitative estimate of drug-likeness (QED) is 0.609. The van der Waals surface area contributed by atoms with Gasteiger partial charge in [-0.1, -0.05) is 23.7 Å². The van der Waals surface area contributed by atoms with Crippen molar-refractivity contribution in [3.05, 3.63) is 65.4 Å². The Morgan fingerprint density at radius 2 is 1.84 bits per heavy atom. The van der Waals surface area contributed by atoms with Gasteiger partial charge in [-0.05, 0) is 62.2 Å². The molecule has 0 radical (unpaired) electrons. The van der Waals surface area contributed by atoms with Crippen molar-refractivity contribution in [1.29, 1.82) is 0 Å². The number of hydrogen-bond acceptors (Lipinski definition) is 4. The number of aromatic nitrogens is 2. The molecule has 2 fully saturated rings. The second-order valence-corrected chi connectivity index (χ2v) is 9.20. The maximum Gasteiger partial charge on any atom is 0.233 e. The highest BCUT2D eigenvalue weighted by Gasteiger charge is 2.48. The minimum Gasteiger partial charge on any atom is -0.496 e. The maximum atomic E-state index is 13.5. The number of carbonyl (C=O) groups excluding carboxylic acids is 1. The minimum atomic E-state index is -0.243. The monoisotopic (exact) mass is 450 g/mol. The number of H-pyrrole nitrogens is 1. The van der Waals surface area contributed by atoms with E-state index >= 15 is 0 Å². The van der Waals surface area contributed by atoms with Crippen LogP contribution in [-0.2, 0) is 11.3 Å². The van der Waals surface area contributed by atoms with Crippen molar-refractivity contribution in [2.24, 2.45) is 5.41 Å². The number of nitrogens with zero attached hydrogens (tertiary/aromatic N) is 3. The van der Waals surface area contributed by atoms with Crippen LogP contribution < -0.4 is 9.64 Å². The van der Waals surface area contributed by atoms with Crippen molar-refractivity contribution in [3.8, 4) is 16.9 Å². The number of rotatable bonds is 5. The van der Waals surface area contributed by atoms with Crippen LogP contribution in [0.25, 0.3) is 11.1 Å². The summed E-state index contributed by atoms with van der Waals surface area (Å²) >= 11 is 6.00. The fraction of sp³-hybridized carbons (Fsp3) is 0.360. The number of methoxy groups -OCH3 is 1. The van der Waals surface area contributed by atoms with Crippen molar-refractivity contribution in [1.82, 2.24) is 15.1 Å². The summed E-state index contributed by atoms with van der Waals surface area (Å²) in [6, 6.07) is 14.0. The van der Waals surface area contributed by atoms with E-state index in [2.05, 4.69) is 27.2 Å². The normalized spacial score (nSPS) is 18.4. The predicted molar refractivity (Wildman–Crippen MR) is 126 cm³/mol. The number of carbonyl (C=O) groups is 1. The molecule has 3 heterocycles. The summed E-state index contributed by atoms with van der Waals surface area (Å²) < 4.78 is 5.63. The Kier molecular flexibility index (Phi) is 5.66. The largest absolute Gasteiger partial charge is 0.496 e. The summed E-state index contributed by atoms with van der Waals surface area (Å²) in [5.41, 5.74) is 3.84. The van der Waals surface area contributed by atoms with E-state index in [-0.39, 0.29) is 11.3 Å². The molecule has 32 heavy (non-hydrogen) atoms. The Bertz CT molecular complexity index is 1090. The lowest BCUT2D eigenvalue weighted by Crippen LogP contribution is -2.44. The number of amides is 1. The number of piperidine rings is 1. The molecule has 2 aliphatic rings. The molecule has 6 nitrogen and oxygen atoms in total. The van der Waals surface area contributed by atoms with Crippen LogP contribution >= 0.6 is 11.6 Å². The van der Waals surface area contributed by atoms with E-state index in [1.807, 2.05) is 41.4 Å². The van der Waals surface area contributed by atoms with Crippen LogP contribution in [0.2, 0.25) is 5.02 Å². The topological polar surface area (TPSA) is 61.5 Å². The molecule has 0 saturated carbocycles. The predicted octanol–water partition coefficient (Wildman–Crippen LogP) is 4.76. The van der Waals surface area contributed by atoms with Crippen LogP contribution in [0.1, 0.15) is 24.8 Å². The van der Waals surface area contributed by atoms with Gasteiger partial charge in [0.05, 0.1) is 18.7 Å². The van der Waals surface area contributed by atoms with Crippen LogP contribution in [0.15, 0.2) is 54.9 Å². The van der Waals surface area contributed by atoms with Crippen molar-refractivity contribution >= 4 is 23.2 Å². The molecule has 1 spiro atoms. The van der Waals surface area contributed by atoms with Crippen molar-refractivity contribution in [3.63, 3.8) is 0 Å². The summed E-state index contributed by atoms with van der Waals surface area (Å²) in [6.07, 6.45) is 6.32. The average Bonchev–Trinajstić information content (AvgIpc) is 3.46. The number of anilines is 1. The first-order valence-corrected chi connectivity index (χ1v) is 11.4. The van der Waals surface area contributed by atoms with E-state index < -0.39 is 0 Å². The van der Waals surface area contributed by atoms with E-state index in [0.717, 1.165) is 73.0 Å². The number of benzene rings is 2. The van der Waals surface area contributed by atoms with Gasteiger partial charge in [-0.3, -0.25) is 14.8 Å². The van der Waals surface area contributed by atoms with Crippen LogP contribution in [0, 0.1) is 5.41 Å². The average molecular weight is 451 g/mol. The van der Waals surface area contributed by atoms with Crippen molar-refractivity contribution < 1.29 is 9.53 Å². The second kappa shape index (κ2) is 8.60. The molecule has 0 aliphatic carbocycles. The number of nitrogens with one attached hydrogen (secondary N) is 1. The summed E-state index contributed by atoms with van der Waals surface area (Å²) in [4.78, 5) is 17.9. The molecule has 1 aromatic heterocycles. The fourth-order valence-corrected chi connectivity index (χ4v) is 5.13. The smallest absolute Gasteiger partial charge is 0.233 e. The molecular weight excluding hydrogens is 424 g/mol. The molecule has 1 amide bonds. The van der Waals surface area contributed by atoms with Gasteiger partial charge >= 0.3 is 0 Å². The van der Waals surface area contributed by atoms with Crippen LogP contribution in [-0.4, -0.2) is 47.7 Å². The molecule has 7 heteroatoms. The molecule has 2 saturated heterocycles. The van der Waals surface area contributed by atoms with E-state index in [4.69, 9.17) is 16.3 Å². The van der Waals surface area contributed by atoms with Gasteiger partial charge in [0.15, 0.2) is 0 Å². The van der Waals surface area contributed by atoms with Gasteiger partial charge in [-0.2, -0.15) is 5.10 Å². The first-order valence-electron chi connectivity index (χ1n) is 11.0. The van der Waals surface area contributed by atoms with E-state index in [0.29, 0.717) is 0 Å². The third kappa shape index (κ3) is 3.89. The standard InChI is InChI=1S/C25H27ClN4O2/c1-32-23-14-21(6-7-22(23)19-15-27-28-16-19)30-13-10-25(24(30)31)8-11-29(12-9-25)17-18-2-4-20(26)5-3-18/h2-7,14-16H,8-13,17H2,1H3,(H,27,28). The van der Waals surface area contributed by atoms with Gasteiger partial charge in [0, 0.05) is 47.2 Å². The summed E-state index contributed by atoms with van der Waals surface area (Å²) in [7, 11) is 1.66. The van der Waals surface area contributed by atoms with Gasteiger partial charge in [0.2, 0.25) is 5.91 Å². The van der Waals surface area contributed by atoms with Crippen LogP contribution in [0.3, 0.4) is 0 Å². The number of likely N-dealkylation sites (tertiary alicyclic amines) is 1. The molecule has 2 aromatic carbocycles. The Balaban J connectivity index is 1.27.